The minimum atomic E-state index is -1.01. The molecule has 3 heterocycles. The van der Waals surface area contributed by atoms with Gasteiger partial charge in [0.1, 0.15) is 11.9 Å². The van der Waals surface area contributed by atoms with Crippen LogP contribution in [0, 0.1) is 5.82 Å². The molecule has 0 bridgehead atoms. The third kappa shape index (κ3) is 3.01. The van der Waals surface area contributed by atoms with E-state index < -0.39 is 17.8 Å². The van der Waals surface area contributed by atoms with Gasteiger partial charge in [0.15, 0.2) is 5.16 Å². The van der Waals surface area contributed by atoms with Gasteiger partial charge in [-0.25, -0.2) is 23.8 Å². The van der Waals surface area contributed by atoms with Crippen LogP contribution in [0.1, 0.15) is 18.9 Å². The molecule has 1 aromatic carbocycles. The van der Waals surface area contributed by atoms with Crippen molar-refractivity contribution in [2.75, 3.05) is 6.26 Å². The molecule has 0 radical (unpaired) electrons. The van der Waals surface area contributed by atoms with Crippen LogP contribution in [0.3, 0.4) is 0 Å². The van der Waals surface area contributed by atoms with Gasteiger partial charge in [0.25, 0.3) is 5.56 Å². The first-order valence-corrected chi connectivity index (χ1v) is 9.95. The molecule has 1 aliphatic heterocycles. The number of hydrogen-bond donors (Lipinski definition) is 1. The zero-order valence-corrected chi connectivity index (χ0v) is 15.8. The van der Waals surface area contributed by atoms with Crippen LogP contribution in [-0.2, 0) is 11.3 Å². The first-order valence-electron chi connectivity index (χ1n) is 8.72. The van der Waals surface area contributed by atoms with Crippen molar-refractivity contribution < 1.29 is 14.3 Å². The van der Waals surface area contributed by atoms with E-state index in [1.807, 2.05) is 6.26 Å². The maximum absolute atomic E-state index is 13.4. The summed E-state index contributed by atoms with van der Waals surface area (Å²) < 4.78 is 16.4. The van der Waals surface area contributed by atoms with E-state index in [0.29, 0.717) is 47.1 Å². The SMILES string of the molecule is CSc1nccc(-c2c(-c3ccc(F)cc3)c(=O)n3n2C(C(=O)O)CCC3)n1. The second kappa shape index (κ2) is 7.23. The maximum Gasteiger partial charge on any atom is 0.328 e. The molecule has 9 heteroatoms. The molecule has 7 nitrogen and oxygen atoms in total. The van der Waals surface area contributed by atoms with Crippen LogP contribution >= 0.6 is 11.8 Å². The van der Waals surface area contributed by atoms with Crippen LogP contribution in [0.2, 0.25) is 0 Å². The van der Waals surface area contributed by atoms with Crippen molar-refractivity contribution in [2.24, 2.45) is 0 Å². The summed E-state index contributed by atoms with van der Waals surface area (Å²) in [5.74, 6) is -1.42. The zero-order valence-electron chi connectivity index (χ0n) is 15.0. The molecule has 0 fully saturated rings. The molecule has 1 aliphatic rings. The monoisotopic (exact) mass is 400 g/mol. The predicted octanol–water partition coefficient (Wildman–Crippen LogP) is 3.05. The number of carboxylic acids is 1. The second-order valence-corrected chi connectivity index (χ2v) is 7.20. The molecule has 3 aromatic rings. The first-order chi connectivity index (χ1) is 13.5. The van der Waals surface area contributed by atoms with Crippen LogP contribution < -0.4 is 5.56 Å². The van der Waals surface area contributed by atoms with Crippen molar-refractivity contribution in [3.63, 3.8) is 0 Å². The molecule has 1 N–H and O–H groups in total. The van der Waals surface area contributed by atoms with Gasteiger partial charge in [0.05, 0.1) is 17.0 Å². The molecular formula is C19H17FN4O3S. The van der Waals surface area contributed by atoms with Crippen LogP contribution in [0.25, 0.3) is 22.5 Å². The Morgan fingerprint density at radius 1 is 1.29 bits per heavy atom. The standard InChI is InChI=1S/C19H17FN4O3S/c1-28-19-21-9-8-13(22-19)16-15(11-4-6-12(20)7-5-11)17(25)23-10-2-3-14(18(26)27)24(16)23/h4-9,14H,2-3,10H2,1H3,(H,26,27). The molecule has 28 heavy (non-hydrogen) atoms. The minimum absolute atomic E-state index is 0.308. The van der Waals surface area contributed by atoms with E-state index in [4.69, 9.17) is 0 Å². The van der Waals surface area contributed by atoms with Gasteiger partial charge in [-0.3, -0.25) is 9.48 Å². The number of carboxylic acid groups (broad SMARTS) is 1. The number of nitrogens with zero attached hydrogens (tertiary/aromatic N) is 4. The quantitative estimate of drug-likeness (QED) is 0.535. The molecule has 2 aromatic heterocycles. The summed E-state index contributed by atoms with van der Waals surface area (Å²) in [6, 6.07) is 6.38. The lowest BCUT2D eigenvalue weighted by Gasteiger charge is -2.26. The number of halogens is 1. The molecule has 0 saturated heterocycles. The lowest BCUT2D eigenvalue weighted by atomic mass is 10.0. The van der Waals surface area contributed by atoms with Gasteiger partial charge >= 0.3 is 5.97 Å². The topological polar surface area (TPSA) is 90.0 Å². The Hall–Kier alpha value is -2.94. The van der Waals surface area contributed by atoms with E-state index in [0.717, 1.165) is 0 Å². The summed E-state index contributed by atoms with van der Waals surface area (Å²) in [7, 11) is 0. The van der Waals surface area contributed by atoms with Crippen molar-refractivity contribution in [1.82, 2.24) is 19.3 Å². The number of aromatic nitrogens is 4. The Bertz CT molecular complexity index is 1110. The lowest BCUT2D eigenvalue weighted by Crippen LogP contribution is -2.34. The van der Waals surface area contributed by atoms with Gasteiger partial charge < -0.3 is 5.11 Å². The number of fused-ring (bicyclic) bond motifs is 1. The van der Waals surface area contributed by atoms with Gasteiger partial charge in [-0.2, -0.15) is 0 Å². The largest absolute Gasteiger partial charge is 0.480 e. The molecule has 1 atom stereocenters. The number of benzene rings is 1. The third-order valence-corrected chi connectivity index (χ3v) is 5.36. The summed E-state index contributed by atoms with van der Waals surface area (Å²) in [6.45, 7) is 0.414. The highest BCUT2D eigenvalue weighted by Crippen LogP contribution is 2.35. The average Bonchev–Trinajstić information content (AvgIpc) is 3.01. The fourth-order valence-electron chi connectivity index (χ4n) is 3.57. The van der Waals surface area contributed by atoms with E-state index in [9.17, 15) is 19.1 Å². The van der Waals surface area contributed by atoms with E-state index in [2.05, 4.69) is 9.97 Å². The highest BCUT2D eigenvalue weighted by molar-refractivity contribution is 7.98. The van der Waals surface area contributed by atoms with Crippen molar-refractivity contribution in [1.29, 1.82) is 0 Å². The zero-order chi connectivity index (χ0) is 19.8. The normalized spacial score (nSPS) is 16.0. The smallest absolute Gasteiger partial charge is 0.328 e. The Labute approximate surface area is 163 Å². The molecule has 0 spiro atoms. The number of carbonyl (C=O) groups is 1. The lowest BCUT2D eigenvalue weighted by molar-refractivity contribution is -0.142. The van der Waals surface area contributed by atoms with Gasteiger partial charge in [-0.1, -0.05) is 23.9 Å². The fourth-order valence-corrected chi connectivity index (χ4v) is 3.93. The van der Waals surface area contributed by atoms with Gasteiger partial charge in [0.2, 0.25) is 0 Å². The molecule has 0 amide bonds. The second-order valence-electron chi connectivity index (χ2n) is 6.43. The summed E-state index contributed by atoms with van der Waals surface area (Å²) >= 11 is 1.35. The Kier molecular flexibility index (Phi) is 4.76. The minimum Gasteiger partial charge on any atom is -0.480 e. The van der Waals surface area contributed by atoms with Crippen molar-refractivity contribution in [3.05, 3.63) is 52.7 Å². The average molecular weight is 400 g/mol. The highest BCUT2D eigenvalue weighted by atomic mass is 32.2. The Morgan fingerprint density at radius 2 is 2.04 bits per heavy atom. The van der Waals surface area contributed by atoms with E-state index in [1.54, 1.807) is 12.3 Å². The maximum atomic E-state index is 13.4. The molecule has 0 aliphatic carbocycles. The van der Waals surface area contributed by atoms with Crippen molar-refractivity contribution in [2.45, 2.75) is 30.6 Å². The number of rotatable bonds is 4. The third-order valence-electron chi connectivity index (χ3n) is 4.79. The van der Waals surface area contributed by atoms with Crippen LogP contribution in [0.4, 0.5) is 4.39 Å². The van der Waals surface area contributed by atoms with Crippen molar-refractivity contribution >= 4 is 17.7 Å². The van der Waals surface area contributed by atoms with Crippen LogP contribution in [0.15, 0.2) is 46.5 Å². The summed E-state index contributed by atoms with van der Waals surface area (Å²) in [6.07, 6.45) is 4.42. The fraction of sp³-hybridized carbons (Fsp3) is 0.263. The molecule has 144 valence electrons. The van der Waals surface area contributed by atoms with Gasteiger partial charge in [-0.05, 0) is 42.9 Å². The van der Waals surface area contributed by atoms with Crippen LogP contribution in [-0.4, -0.2) is 36.7 Å². The van der Waals surface area contributed by atoms with Crippen LogP contribution in [0.5, 0.6) is 0 Å². The Morgan fingerprint density at radius 3 is 2.71 bits per heavy atom. The van der Waals surface area contributed by atoms with E-state index in [-0.39, 0.29) is 5.56 Å². The molecule has 4 rings (SSSR count). The molecule has 0 saturated carbocycles. The van der Waals surface area contributed by atoms with Gasteiger partial charge in [-0.15, -0.1) is 0 Å². The predicted molar refractivity (Wildman–Crippen MR) is 103 cm³/mol. The number of aliphatic carboxylic acids is 1. The van der Waals surface area contributed by atoms with E-state index in [1.165, 1.54) is 45.4 Å². The van der Waals surface area contributed by atoms with Crippen molar-refractivity contribution in [3.8, 4) is 22.5 Å². The number of thioether (sulfide) groups is 1. The Balaban J connectivity index is 2.07. The molecular weight excluding hydrogens is 383 g/mol. The van der Waals surface area contributed by atoms with E-state index >= 15 is 0 Å². The first kappa shape index (κ1) is 18.4. The highest BCUT2D eigenvalue weighted by Gasteiger charge is 2.33. The summed E-state index contributed by atoms with van der Waals surface area (Å²) in [5.41, 5.74) is 1.41. The number of hydrogen-bond acceptors (Lipinski definition) is 5. The summed E-state index contributed by atoms with van der Waals surface area (Å²) in [5, 5.41) is 10.3. The summed E-state index contributed by atoms with van der Waals surface area (Å²) in [4.78, 5) is 33.8. The van der Waals surface area contributed by atoms with Gasteiger partial charge in [0, 0.05) is 12.7 Å². The molecule has 1 unspecified atom stereocenters.